The van der Waals surface area contributed by atoms with E-state index < -0.39 is 5.97 Å². The van der Waals surface area contributed by atoms with Gasteiger partial charge in [0.05, 0.1) is 5.92 Å². The van der Waals surface area contributed by atoms with Gasteiger partial charge in [0.15, 0.2) is 0 Å². The Morgan fingerprint density at radius 3 is 2.44 bits per heavy atom. The van der Waals surface area contributed by atoms with Crippen molar-refractivity contribution in [2.75, 3.05) is 0 Å². The Morgan fingerprint density at radius 2 is 1.89 bits per heavy atom. The number of unbranched alkanes of at least 4 members (excludes halogenated alkanes) is 3. The lowest BCUT2D eigenvalue weighted by atomic mass is 9.94. The second-order valence-electron chi connectivity index (χ2n) is 4.72. The molecule has 0 radical (unpaired) electrons. The van der Waals surface area contributed by atoms with Gasteiger partial charge in [0.25, 0.3) is 0 Å². The summed E-state index contributed by atoms with van der Waals surface area (Å²) in [6.45, 7) is 2.16. The van der Waals surface area contributed by atoms with Crippen molar-refractivity contribution in [3.05, 3.63) is 34.9 Å². The molecule has 1 atom stereocenters. The van der Waals surface area contributed by atoms with Crippen LogP contribution in [-0.2, 0) is 11.2 Å². The molecule has 0 aromatic heterocycles. The van der Waals surface area contributed by atoms with Gasteiger partial charge in [0.1, 0.15) is 0 Å². The minimum atomic E-state index is -0.693. The Hall–Kier alpha value is -1.02. The molecule has 0 saturated heterocycles. The molecule has 0 aliphatic rings. The molecule has 0 bridgehead atoms. The molecule has 1 unspecified atom stereocenters. The Kier molecular flexibility index (Phi) is 6.81. The Balaban J connectivity index is 2.47. The van der Waals surface area contributed by atoms with Crippen LogP contribution in [0, 0.1) is 5.92 Å². The summed E-state index contributed by atoms with van der Waals surface area (Å²) in [6, 6.07) is 7.44. The fourth-order valence-corrected chi connectivity index (χ4v) is 2.16. The lowest BCUT2D eigenvalue weighted by Gasteiger charge is -2.12. The molecular weight excluding hydrogens is 248 g/mol. The van der Waals surface area contributed by atoms with Crippen LogP contribution in [0.3, 0.4) is 0 Å². The number of carboxylic acids is 1. The lowest BCUT2D eigenvalue weighted by Crippen LogP contribution is -2.16. The molecule has 3 heteroatoms. The van der Waals surface area contributed by atoms with Gasteiger partial charge in [-0.25, -0.2) is 0 Å². The number of hydrogen-bond donors (Lipinski definition) is 1. The van der Waals surface area contributed by atoms with Crippen LogP contribution < -0.4 is 0 Å². The largest absolute Gasteiger partial charge is 0.481 e. The van der Waals surface area contributed by atoms with Crippen molar-refractivity contribution in [1.82, 2.24) is 0 Å². The van der Waals surface area contributed by atoms with E-state index in [9.17, 15) is 9.90 Å². The number of rotatable bonds is 8. The van der Waals surface area contributed by atoms with Crippen LogP contribution in [0.5, 0.6) is 0 Å². The highest BCUT2D eigenvalue weighted by Gasteiger charge is 2.17. The summed E-state index contributed by atoms with van der Waals surface area (Å²) in [7, 11) is 0. The minimum absolute atomic E-state index is 0.275. The van der Waals surface area contributed by atoms with Crippen molar-refractivity contribution >= 4 is 17.6 Å². The van der Waals surface area contributed by atoms with E-state index in [-0.39, 0.29) is 5.92 Å². The van der Waals surface area contributed by atoms with Crippen LogP contribution in [-0.4, -0.2) is 11.1 Å². The van der Waals surface area contributed by atoms with Gasteiger partial charge in [0, 0.05) is 5.02 Å². The number of halogens is 1. The van der Waals surface area contributed by atoms with E-state index in [0.29, 0.717) is 11.4 Å². The van der Waals surface area contributed by atoms with Gasteiger partial charge in [-0.2, -0.15) is 0 Å². The molecular formula is C15H21ClO2. The maximum atomic E-state index is 11.2. The van der Waals surface area contributed by atoms with E-state index >= 15 is 0 Å². The second kappa shape index (κ2) is 8.15. The summed E-state index contributed by atoms with van der Waals surface area (Å²) in [5.74, 6) is -0.968. The monoisotopic (exact) mass is 268 g/mol. The first-order chi connectivity index (χ1) is 8.63. The highest BCUT2D eigenvalue weighted by atomic mass is 35.5. The molecule has 1 N–H and O–H groups in total. The van der Waals surface area contributed by atoms with Crippen molar-refractivity contribution in [2.24, 2.45) is 5.92 Å². The van der Waals surface area contributed by atoms with Crippen LogP contribution in [0.25, 0.3) is 0 Å². The van der Waals surface area contributed by atoms with E-state index in [2.05, 4.69) is 6.92 Å². The zero-order valence-electron chi connectivity index (χ0n) is 10.9. The number of hydrogen-bond acceptors (Lipinski definition) is 1. The number of aliphatic carboxylic acids is 1. The van der Waals surface area contributed by atoms with Gasteiger partial charge >= 0.3 is 5.97 Å². The molecule has 0 heterocycles. The van der Waals surface area contributed by atoms with Gasteiger partial charge < -0.3 is 5.11 Å². The maximum absolute atomic E-state index is 11.2. The van der Waals surface area contributed by atoms with Gasteiger partial charge in [-0.3, -0.25) is 4.79 Å². The van der Waals surface area contributed by atoms with Crippen molar-refractivity contribution in [2.45, 2.75) is 45.4 Å². The average molecular weight is 269 g/mol. The molecule has 0 aliphatic heterocycles. The second-order valence-corrected chi connectivity index (χ2v) is 5.15. The van der Waals surface area contributed by atoms with Crippen molar-refractivity contribution in [3.8, 4) is 0 Å². The van der Waals surface area contributed by atoms with Crippen LogP contribution in [0.15, 0.2) is 24.3 Å². The SMILES string of the molecule is CCCCCCC(Cc1ccc(Cl)cc1)C(=O)O. The minimum Gasteiger partial charge on any atom is -0.481 e. The molecule has 1 aromatic carbocycles. The normalized spacial score (nSPS) is 12.3. The van der Waals surface area contributed by atoms with Gasteiger partial charge in [0.2, 0.25) is 0 Å². The predicted molar refractivity (Wildman–Crippen MR) is 75.0 cm³/mol. The van der Waals surface area contributed by atoms with E-state index in [4.69, 9.17) is 11.6 Å². The smallest absolute Gasteiger partial charge is 0.306 e. The zero-order chi connectivity index (χ0) is 13.4. The third-order valence-electron chi connectivity index (χ3n) is 3.15. The molecule has 1 aromatic rings. The zero-order valence-corrected chi connectivity index (χ0v) is 11.6. The fourth-order valence-electron chi connectivity index (χ4n) is 2.04. The van der Waals surface area contributed by atoms with Crippen molar-refractivity contribution in [1.29, 1.82) is 0 Å². The lowest BCUT2D eigenvalue weighted by molar-refractivity contribution is -0.142. The summed E-state index contributed by atoms with van der Waals surface area (Å²) in [6.07, 6.45) is 5.85. The van der Waals surface area contributed by atoms with Gasteiger partial charge in [-0.1, -0.05) is 56.3 Å². The first kappa shape index (κ1) is 15.0. The standard InChI is InChI=1S/C15H21ClO2/c1-2-3-4-5-6-13(15(17)18)11-12-7-9-14(16)10-8-12/h7-10,13H,2-6,11H2,1H3,(H,17,18). The van der Waals surface area contributed by atoms with Gasteiger partial charge in [-0.15, -0.1) is 0 Å². The molecule has 0 spiro atoms. The van der Waals surface area contributed by atoms with Crippen molar-refractivity contribution in [3.63, 3.8) is 0 Å². The summed E-state index contributed by atoms with van der Waals surface area (Å²) in [5, 5.41) is 9.91. The topological polar surface area (TPSA) is 37.3 Å². The van der Waals surface area contributed by atoms with Crippen LogP contribution in [0.1, 0.15) is 44.6 Å². The number of carbonyl (C=O) groups is 1. The van der Waals surface area contributed by atoms with E-state index in [1.54, 1.807) is 0 Å². The van der Waals surface area contributed by atoms with Crippen LogP contribution >= 0.6 is 11.6 Å². The first-order valence-corrected chi connectivity index (χ1v) is 6.98. The number of benzene rings is 1. The van der Waals surface area contributed by atoms with Crippen LogP contribution in [0.2, 0.25) is 5.02 Å². The molecule has 2 nitrogen and oxygen atoms in total. The highest BCUT2D eigenvalue weighted by molar-refractivity contribution is 6.30. The molecule has 0 amide bonds. The molecule has 0 fully saturated rings. The Labute approximate surface area is 114 Å². The Bertz CT molecular complexity index is 359. The molecule has 0 saturated carbocycles. The molecule has 18 heavy (non-hydrogen) atoms. The average Bonchev–Trinajstić information content (AvgIpc) is 2.35. The molecule has 100 valence electrons. The number of carboxylic acid groups (broad SMARTS) is 1. The molecule has 1 rings (SSSR count). The summed E-state index contributed by atoms with van der Waals surface area (Å²) in [5.41, 5.74) is 1.04. The summed E-state index contributed by atoms with van der Waals surface area (Å²) >= 11 is 5.81. The fraction of sp³-hybridized carbons (Fsp3) is 0.533. The highest BCUT2D eigenvalue weighted by Crippen LogP contribution is 2.18. The molecule has 0 aliphatic carbocycles. The third kappa shape index (κ3) is 5.54. The third-order valence-corrected chi connectivity index (χ3v) is 3.40. The summed E-state index contributed by atoms with van der Waals surface area (Å²) < 4.78 is 0. The predicted octanol–water partition coefficient (Wildman–Crippen LogP) is 4.55. The van der Waals surface area contributed by atoms with E-state index in [1.807, 2.05) is 24.3 Å². The van der Waals surface area contributed by atoms with Gasteiger partial charge in [-0.05, 0) is 30.5 Å². The quantitative estimate of drug-likeness (QED) is 0.702. The van der Waals surface area contributed by atoms with Crippen molar-refractivity contribution < 1.29 is 9.90 Å². The van der Waals surface area contributed by atoms with E-state index in [1.165, 1.54) is 12.8 Å². The Morgan fingerprint density at radius 1 is 1.22 bits per heavy atom. The first-order valence-electron chi connectivity index (χ1n) is 6.60. The van der Waals surface area contributed by atoms with Crippen LogP contribution in [0.4, 0.5) is 0 Å². The summed E-state index contributed by atoms with van der Waals surface area (Å²) in [4.78, 5) is 11.2. The van der Waals surface area contributed by atoms with E-state index in [0.717, 1.165) is 24.8 Å². The maximum Gasteiger partial charge on any atom is 0.306 e.